The van der Waals surface area contributed by atoms with E-state index in [1.807, 2.05) is 6.07 Å². The van der Waals surface area contributed by atoms with Crippen LogP contribution in [0.1, 0.15) is 44.2 Å². The Hall–Kier alpha value is -0.670. The van der Waals surface area contributed by atoms with Gasteiger partial charge >= 0.3 is 0 Å². The van der Waals surface area contributed by atoms with Gasteiger partial charge in [-0.3, -0.25) is 4.21 Å². The van der Waals surface area contributed by atoms with E-state index in [2.05, 4.69) is 36.5 Å². The molecule has 0 amide bonds. The van der Waals surface area contributed by atoms with Crippen LogP contribution in [-0.2, 0) is 10.8 Å². The van der Waals surface area contributed by atoms with Gasteiger partial charge in [0.2, 0.25) is 0 Å². The standard InChI is InChI=1S/C15H23NOS/c1-2-16-15(13-8-4-3-5-9-13)12-18(17)14-10-6-7-11-14/h3-5,8-9,14-16H,2,6-7,10-12H2,1H3. The maximum atomic E-state index is 12.4. The Kier molecular flexibility index (Phi) is 5.39. The van der Waals surface area contributed by atoms with Gasteiger partial charge in [-0.1, -0.05) is 50.1 Å². The Morgan fingerprint density at radius 2 is 1.94 bits per heavy atom. The van der Waals surface area contributed by atoms with E-state index in [-0.39, 0.29) is 6.04 Å². The van der Waals surface area contributed by atoms with Crippen molar-refractivity contribution in [2.45, 2.75) is 43.9 Å². The molecular formula is C15H23NOS. The molecule has 2 unspecified atom stereocenters. The van der Waals surface area contributed by atoms with Crippen molar-refractivity contribution in [1.29, 1.82) is 0 Å². The highest BCUT2D eigenvalue weighted by Crippen LogP contribution is 2.25. The van der Waals surface area contributed by atoms with Crippen molar-refractivity contribution >= 4 is 10.8 Å². The van der Waals surface area contributed by atoms with Crippen molar-refractivity contribution in [2.75, 3.05) is 12.3 Å². The molecule has 18 heavy (non-hydrogen) atoms. The maximum absolute atomic E-state index is 12.4. The number of hydrogen-bond donors (Lipinski definition) is 1. The molecule has 2 rings (SSSR count). The Bertz CT molecular complexity index is 373. The fraction of sp³-hybridized carbons (Fsp3) is 0.600. The molecule has 3 heteroatoms. The fourth-order valence-electron chi connectivity index (χ4n) is 2.66. The molecular weight excluding hydrogens is 242 g/mol. The SMILES string of the molecule is CCNC(CS(=O)C1CCCC1)c1ccccc1. The summed E-state index contributed by atoms with van der Waals surface area (Å²) < 4.78 is 12.4. The molecule has 100 valence electrons. The second kappa shape index (κ2) is 7.05. The molecule has 1 aliphatic rings. The van der Waals surface area contributed by atoms with Crippen molar-refractivity contribution in [3.8, 4) is 0 Å². The van der Waals surface area contributed by atoms with Gasteiger partial charge in [-0.15, -0.1) is 0 Å². The van der Waals surface area contributed by atoms with Crippen LogP contribution in [0.5, 0.6) is 0 Å². The minimum atomic E-state index is -0.690. The van der Waals surface area contributed by atoms with E-state index in [0.29, 0.717) is 5.25 Å². The van der Waals surface area contributed by atoms with E-state index in [1.165, 1.54) is 18.4 Å². The second-order valence-electron chi connectivity index (χ2n) is 4.97. The van der Waals surface area contributed by atoms with Crippen LogP contribution >= 0.6 is 0 Å². The highest BCUT2D eigenvalue weighted by molar-refractivity contribution is 7.85. The zero-order valence-electron chi connectivity index (χ0n) is 11.1. The summed E-state index contributed by atoms with van der Waals surface area (Å²) in [5.41, 5.74) is 1.26. The van der Waals surface area contributed by atoms with Gasteiger partial charge in [0.15, 0.2) is 0 Å². The highest BCUT2D eigenvalue weighted by Gasteiger charge is 2.24. The van der Waals surface area contributed by atoms with Gasteiger partial charge in [-0.2, -0.15) is 0 Å². The molecule has 0 saturated heterocycles. The summed E-state index contributed by atoms with van der Waals surface area (Å²) in [6.07, 6.45) is 4.82. The third-order valence-corrected chi connectivity index (χ3v) is 5.53. The van der Waals surface area contributed by atoms with Crippen LogP contribution in [0.15, 0.2) is 30.3 Å². The van der Waals surface area contributed by atoms with Crippen LogP contribution in [0.4, 0.5) is 0 Å². The molecule has 0 bridgehead atoms. The van der Waals surface area contributed by atoms with Crippen LogP contribution in [0, 0.1) is 0 Å². The minimum Gasteiger partial charge on any atom is -0.309 e. The summed E-state index contributed by atoms with van der Waals surface area (Å²) in [5.74, 6) is 0.753. The van der Waals surface area contributed by atoms with Crippen molar-refractivity contribution in [2.24, 2.45) is 0 Å². The predicted molar refractivity (Wildman–Crippen MR) is 78.1 cm³/mol. The molecule has 1 aromatic rings. The third-order valence-electron chi connectivity index (χ3n) is 3.66. The predicted octanol–water partition coefficient (Wildman–Crippen LogP) is 3.03. The largest absolute Gasteiger partial charge is 0.309 e. The van der Waals surface area contributed by atoms with Crippen LogP contribution in [0.2, 0.25) is 0 Å². The first kappa shape index (κ1) is 13.8. The van der Waals surface area contributed by atoms with Gasteiger partial charge in [-0.05, 0) is 24.9 Å². The average Bonchev–Trinajstić information content (AvgIpc) is 2.93. The van der Waals surface area contributed by atoms with E-state index in [4.69, 9.17) is 0 Å². The lowest BCUT2D eigenvalue weighted by Crippen LogP contribution is -2.28. The van der Waals surface area contributed by atoms with E-state index in [1.54, 1.807) is 0 Å². The summed E-state index contributed by atoms with van der Waals surface area (Å²) in [6.45, 7) is 3.02. The lowest BCUT2D eigenvalue weighted by Gasteiger charge is -2.20. The van der Waals surface area contributed by atoms with Gasteiger partial charge in [0, 0.05) is 27.8 Å². The van der Waals surface area contributed by atoms with Crippen molar-refractivity contribution < 1.29 is 4.21 Å². The molecule has 1 saturated carbocycles. The summed E-state index contributed by atoms with van der Waals surface area (Å²) in [6, 6.07) is 10.6. The first-order valence-electron chi connectivity index (χ1n) is 6.96. The first-order chi connectivity index (χ1) is 8.81. The topological polar surface area (TPSA) is 29.1 Å². The summed E-state index contributed by atoms with van der Waals surface area (Å²) in [7, 11) is -0.690. The number of rotatable bonds is 6. The molecule has 0 heterocycles. The molecule has 0 radical (unpaired) electrons. The van der Waals surface area contributed by atoms with E-state index in [9.17, 15) is 4.21 Å². The summed E-state index contributed by atoms with van der Waals surface area (Å²) >= 11 is 0. The lowest BCUT2D eigenvalue weighted by atomic mass is 10.1. The molecule has 1 aliphatic carbocycles. The smallest absolute Gasteiger partial charge is 0.0436 e. The van der Waals surface area contributed by atoms with Gasteiger partial charge < -0.3 is 5.32 Å². The van der Waals surface area contributed by atoms with Gasteiger partial charge in [-0.25, -0.2) is 0 Å². The second-order valence-corrected chi connectivity index (χ2v) is 6.74. The highest BCUT2D eigenvalue weighted by atomic mass is 32.2. The average molecular weight is 265 g/mol. The van der Waals surface area contributed by atoms with Crippen LogP contribution in [0.3, 0.4) is 0 Å². The Balaban J connectivity index is 1.99. The maximum Gasteiger partial charge on any atom is 0.0436 e. The Labute approximate surface area is 113 Å². The molecule has 2 atom stereocenters. The van der Waals surface area contributed by atoms with Crippen molar-refractivity contribution in [1.82, 2.24) is 5.32 Å². The molecule has 1 aromatic carbocycles. The Morgan fingerprint density at radius 3 is 2.56 bits per heavy atom. The molecule has 0 spiro atoms. The zero-order valence-corrected chi connectivity index (χ0v) is 11.9. The number of nitrogens with one attached hydrogen (secondary N) is 1. The summed E-state index contributed by atoms with van der Waals surface area (Å²) in [4.78, 5) is 0. The first-order valence-corrected chi connectivity index (χ1v) is 8.35. The number of hydrogen-bond acceptors (Lipinski definition) is 2. The van der Waals surface area contributed by atoms with Crippen molar-refractivity contribution in [3.63, 3.8) is 0 Å². The zero-order chi connectivity index (χ0) is 12.8. The van der Waals surface area contributed by atoms with E-state index < -0.39 is 10.8 Å². The minimum absolute atomic E-state index is 0.234. The van der Waals surface area contributed by atoms with E-state index >= 15 is 0 Å². The van der Waals surface area contributed by atoms with Gasteiger partial charge in [0.05, 0.1) is 0 Å². The molecule has 1 N–H and O–H groups in total. The monoisotopic (exact) mass is 265 g/mol. The molecule has 2 nitrogen and oxygen atoms in total. The van der Waals surface area contributed by atoms with Crippen molar-refractivity contribution in [3.05, 3.63) is 35.9 Å². The van der Waals surface area contributed by atoms with Crippen LogP contribution < -0.4 is 5.32 Å². The Morgan fingerprint density at radius 1 is 1.28 bits per heavy atom. The molecule has 0 aromatic heterocycles. The lowest BCUT2D eigenvalue weighted by molar-refractivity contribution is 0.590. The van der Waals surface area contributed by atoms with Gasteiger partial charge in [0.1, 0.15) is 0 Å². The molecule has 0 aliphatic heterocycles. The number of benzene rings is 1. The van der Waals surface area contributed by atoms with E-state index in [0.717, 1.165) is 25.1 Å². The molecule has 1 fully saturated rings. The van der Waals surface area contributed by atoms with Crippen LogP contribution in [-0.4, -0.2) is 21.8 Å². The fourth-order valence-corrected chi connectivity index (χ4v) is 4.43. The normalized spacial score (nSPS) is 19.8. The third kappa shape index (κ3) is 3.66. The summed E-state index contributed by atoms with van der Waals surface area (Å²) in [5, 5.41) is 3.90. The van der Waals surface area contributed by atoms with Crippen LogP contribution in [0.25, 0.3) is 0 Å². The quantitative estimate of drug-likeness (QED) is 0.856. The van der Waals surface area contributed by atoms with Gasteiger partial charge in [0.25, 0.3) is 0 Å².